The van der Waals surface area contributed by atoms with Crippen molar-refractivity contribution in [3.63, 3.8) is 0 Å². The number of carbonyl (C=O) groups excluding carboxylic acids is 1. The fraction of sp³-hybridized carbons (Fsp3) is 0.615. The number of amides is 1. The van der Waals surface area contributed by atoms with Crippen molar-refractivity contribution in [1.82, 2.24) is 5.32 Å². The summed E-state index contributed by atoms with van der Waals surface area (Å²) in [5.74, 6) is -0.0663. The Labute approximate surface area is 106 Å². The van der Waals surface area contributed by atoms with Crippen molar-refractivity contribution in [2.45, 2.75) is 45.1 Å². The normalized spacial score (nSPS) is 15.5. The second-order valence-electron chi connectivity index (χ2n) is 5.26. The third-order valence-corrected chi connectivity index (χ3v) is 4.30. The molecule has 0 saturated heterocycles. The third kappa shape index (κ3) is 2.87. The maximum atomic E-state index is 12.0. The third-order valence-electron chi connectivity index (χ3n) is 3.07. The molecule has 1 aromatic heterocycles. The molecule has 0 fully saturated rings. The summed E-state index contributed by atoms with van der Waals surface area (Å²) < 4.78 is 0. The van der Waals surface area contributed by atoms with Crippen LogP contribution in [0.3, 0.4) is 0 Å². The van der Waals surface area contributed by atoms with Crippen molar-refractivity contribution in [3.05, 3.63) is 21.4 Å². The fourth-order valence-corrected chi connectivity index (χ4v) is 3.16. The Balaban J connectivity index is 2.12. The van der Waals surface area contributed by atoms with E-state index in [2.05, 4.69) is 5.32 Å². The van der Waals surface area contributed by atoms with Gasteiger partial charge in [-0.15, -0.1) is 11.3 Å². The molecular weight excluding hydrogens is 234 g/mol. The monoisotopic (exact) mass is 253 g/mol. The Kier molecular flexibility index (Phi) is 3.54. The van der Waals surface area contributed by atoms with Crippen LogP contribution in [0.15, 0.2) is 6.07 Å². The number of thiophene rings is 1. The van der Waals surface area contributed by atoms with Crippen molar-refractivity contribution in [3.8, 4) is 0 Å². The van der Waals surface area contributed by atoms with Crippen LogP contribution in [0, 0.1) is 0 Å². The zero-order chi connectivity index (χ0) is 12.5. The minimum Gasteiger partial charge on any atom is -0.394 e. The van der Waals surface area contributed by atoms with Crippen LogP contribution in [0.4, 0.5) is 0 Å². The van der Waals surface area contributed by atoms with E-state index in [0.29, 0.717) is 0 Å². The second-order valence-corrected chi connectivity index (χ2v) is 6.40. The van der Waals surface area contributed by atoms with Crippen molar-refractivity contribution in [2.75, 3.05) is 6.61 Å². The molecule has 1 aliphatic carbocycles. The van der Waals surface area contributed by atoms with Crippen LogP contribution >= 0.6 is 11.3 Å². The van der Waals surface area contributed by atoms with E-state index >= 15 is 0 Å². The molecule has 0 saturated carbocycles. The van der Waals surface area contributed by atoms with Crippen LogP contribution in [0.2, 0.25) is 0 Å². The Morgan fingerprint density at radius 3 is 2.82 bits per heavy atom. The number of aryl methyl sites for hydroxylation is 2. The molecular formula is C13H19NO2S. The van der Waals surface area contributed by atoms with Gasteiger partial charge in [0.1, 0.15) is 0 Å². The lowest BCUT2D eigenvalue weighted by atomic mass is 9.99. The number of nitrogens with one attached hydrogen (secondary N) is 1. The standard InChI is InChI=1S/C13H19NO2S/c1-13(2,8-15)14-12(16)11-7-9-5-3-4-6-10(9)17-11/h7,15H,3-6,8H2,1-2H3,(H,14,16). The van der Waals surface area contributed by atoms with Gasteiger partial charge in [0.05, 0.1) is 17.0 Å². The van der Waals surface area contributed by atoms with E-state index in [9.17, 15) is 4.79 Å². The molecule has 3 nitrogen and oxygen atoms in total. The zero-order valence-corrected chi connectivity index (χ0v) is 11.2. The predicted octanol–water partition coefficient (Wildman–Crippen LogP) is 2.13. The van der Waals surface area contributed by atoms with Gasteiger partial charge in [0, 0.05) is 4.88 Å². The Morgan fingerprint density at radius 1 is 1.47 bits per heavy atom. The summed E-state index contributed by atoms with van der Waals surface area (Å²) in [6, 6.07) is 2.02. The van der Waals surface area contributed by atoms with Gasteiger partial charge in [0.2, 0.25) is 0 Å². The van der Waals surface area contributed by atoms with Gasteiger partial charge >= 0.3 is 0 Å². The lowest BCUT2D eigenvalue weighted by Crippen LogP contribution is -2.46. The van der Waals surface area contributed by atoms with E-state index < -0.39 is 5.54 Å². The van der Waals surface area contributed by atoms with Crippen LogP contribution in [0.5, 0.6) is 0 Å². The number of aliphatic hydroxyl groups is 1. The van der Waals surface area contributed by atoms with E-state index in [0.717, 1.165) is 17.7 Å². The van der Waals surface area contributed by atoms with Crippen LogP contribution in [0.25, 0.3) is 0 Å². The van der Waals surface area contributed by atoms with Crippen molar-refractivity contribution in [2.24, 2.45) is 0 Å². The van der Waals surface area contributed by atoms with Crippen LogP contribution < -0.4 is 5.32 Å². The van der Waals surface area contributed by atoms with Crippen molar-refractivity contribution >= 4 is 17.2 Å². The largest absolute Gasteiger partial charge is 0.394 e. The molecule has 0 spiro atoms. The van der Waals surface area contributed by atoms with Crippen molar-refractivity contribution < 1.29 is 9.90 Å². The number of rotatable bonds is 3. The van der Waals surface area contributed by atoms with Gasteiger partial charge in [-0.2, -0.15) is 0 Å². The number of hydrogen-bond acceptors (Lipinski definition) is 3. The molecule has 1 heterocycles. The van der Waals surface area contributed by atoms with Crippen LogP contribution in [0.1, 0.15) is 46.8 Å². The minimum absolute atomic E-state index is 0.0518. The molecule has 4 heteroatoms. The lowest BCUT2D eigenvalue weighted by Gasteiger charge is -2.22. The molecule has 0 atom stereocenters. The summed E-state index contributed by atoms with van der Waals surface area (Å²) in [5.41, 5.74) is 0.787. The van der Waals surface area contributed by atoms with Gasteiger partial charge in [-0.1, -0.05) is 0 Å². The molecule has 0 aliphatic heterocycles. The van der Waals surface area contributed by atoms with E-state index in [-0.39, 0.29) is 12.5 Å². The summed E-state index contributed by atoms with van der Waals surface area (Å²) >= 11 is 1.60. The first kappa shape index (κ1) is 12.6. The molecule has 1 amide bonds. The molecule has 0 bridgehead atoms. The highest BCUT2D eigenvalue weighted by atomic mass is 32.1. The molecule has 94 valence electrons. The summed E-state index contributed by atoms with van der Waals surface area (Å²) in [6.07, 6.45) is 4.67. The number of fused-ring (bicyclic) bond motifs is 1. The van der Waals surface area contributed by atoms with E-state index in [1.807, 2.05) is 19.9 Å². The smallest absolute Gasteiger partial charge is 0.261 e. The molecule has 1 aromatic rings. The van der Waals surface area contributed by atoms with Crippen LogP contribution in [-0.4, -0.2) is 23.2 Å². The highest BCUT2D eigenvalue weighted by Gasteiger charge is 2.23. The number of carbonyl (C=O) groups is 1. The Bertz CT molecular complexity index is 400. The molecule has 0 aromatic carbocycles. The average Bonchev–Trinajstić information content (AvgIpc) is 2.72. The first-order chi connectivity index (χ1) is 8.02. The maximum absolute atomic E-state index is 12.0. The topological polar surface area (TPSA) is 49.3 Å². The molecule has 17 heavy (non-hydrogen) atoms. The summed E-state index contributed by atoms with van der Waals surface area (Å²) in [4.78, 5) is 14.2. The highest BCUT2D eigenvalue weighted by Crippen LogP contribution is 2.29. The second kappa shape index (κ2) is 4.78. The lowest BCUT2D eigenvalue weighted by molar-refractivity contribution is 0.0873. The zero-order valence-electron chi connectivity index (χ0n) is 10.4. The van der Waals surface area contributed by atoms with Gasteiger partial charge in [-0.25, -0.2) is 0 Å². The van der Waals surface area contributed by atoms with Gasteiger partial charge in [-0.3, -0.25) is 4.79 Å². The molecule has 2 rings (SSSR count). The summed E-state index contributed by atoms with van der Waals surface area (Å²) in [6.45, 7) is 3.58. The van der Waals surface area contributed by atoms with Crippen molar-refractivity contribution in [1.29, 1.82) is 0 Å². The van der Waals surface area contributed by atoms with E-state index in [1.54, 1.807) is 11.3 Å². The fourth-order valence-electron chi connectivity index (χ4n) is 2.01. The summed E-state index contributed by atoms with van der Waals surface area (Å²) in [5, 5.41) is 12.0. The van der Waals surface area contributed by atoms with Gasteiger partial charge in [0.15, 0.2) is 0 Å². The molecule has 2 N–H and O–H groups in total. The predicted molar refractivity (Wildman–Crippen MR) is 69.6 cm³/mol. The van der Waals surface area contributed by atoms with E-state index in [1.165, 1.54) is 23.3 Å². The molecule has 0 unspecified atom stereocenters. The number of hydrogen-bond donors (Lipinski definition) is 2. The average molecular weight is 253 g/mol. The summed E-state index contributed by atoms with van der Waals surface area (Å²) in [7, 11) is 0. The van der Waals surface area contributed by atoms with Gasteiger partial charge < -0.3 is 10.4 Å². The quantitative estimate of drug-likeness (QED) is 0.867. The first-order valence-corrected chi connectivity index (χ1v) is 6.88. The van der Waals surface area contributed by atoms with Gasteiger partial charge in [0.25, 0.3) is 5.91 Å². The van der Waals surface area contributed by atoms with E-state index in [4.69, 9.17) is 5.11 Å². The van der Waals surface area contributed by atoms with Crippen LogP contribution in [-0.2, 0) is 12.8 Å². The Morgan fingerprint density at radius 2 is 2.18 bits per heavy atom. The SMILES string of the molecule is CC(C)(CO)NC(=O)c1cc2c(s1)CCCC2. The highest BCUT2D eigenvalue weighted by molar-refractivity contribution is 7.14. The minimum atomic E-state index is -0.554. The number of aliphatic hydroxyl groups excluding tert-OH is 1. The van der Waals surface area contributed by atoms with Gasteiger partial charge in [-0.05, 0) is 51.2 Å². The first-order valence-electron chi connectivity index (χ1n) is 6.07. The molecule has 0 radical (unpaired) electrons. The Hall–Kier alpha value is -0.870. The maximum Gasteiger partial charge on any atom is 0.261 e. The molecule has 1 aliphatic rings.